The molecular formula is C14H22FNO3. The van der Waals surface area contributed by atoms with Crippen LogP contribution in [0.5, 0.6) is 5.75 Å². The van der Waals surface area contributed by atoms with Crippen molar-refractivity contribution in [1.29, 1.82) is 0 Å². The van der Waals surface area contributed by atoms with Gasteiger partial charge in [-0.1, -0.05) is 6.07 Å². The summed E-state index contributed by atoms with van der Waals surface area (Å²) in [6.07, 6.45) is -0.713. The summed E-state index contributed by atoms with van der Waals surface area (Å²) in [5.41, 5.74) is 6.49. The fourth-order valence-electron chi connectivity index (χ4n) is 1.55. The number of aliphatic hydroxyl groups is 1. The molecule has 1 rings (SSSR count). The van der Waals surface area contributed by atoms with Crippen molar-refractivity contribution in [3.05, 3.63) is 29.6 Å². The van der Waals surface area contributed by atoms with E-state index in [1.165, 1.54) is 12.1 Å². The fraction of sp³-hybridized carbons (Fsp3) is 0.571. The molecule has 0 saturated heterocycles. The molecule has 0 amide bonds. The number of ether oxygens (including phenoxy) is 2. The zero-order chi connectivity index (χ0) is 14.4. The summed E-state index contributed by atoms with van der Waals surface area (Å²) in [4.78, 5) is 0. The summed E-state index contributed by atoms with van der Waals surface area (Å²) in [7, 11) is 0. The van der Waals surface area contributed by atoms with E-state index >= 15 is 0 Å². The summed E-state index contributed by atoms with van der Waals surface area (Å²) >= 11 is 0. The SMILES string of the molecule is CC(C)OCC(O)COc1cc(F)ccc1C(C)N. The van der Waals surface area contributed by atoms with E-state index in [4.69, 9.17) is 15.2 Å². The molecule has 0 aliphatic carbocycles. The Morgan fingerprint density at radius 2 is 1.95 bits per heavy atom. The molecule has 2 atom stereocenters. The van der Waals surface area contributed by atoms with Crippen LogP contribution in [0.2, 0.25) is 0 Å². The second kappa shape index (κ2) is 7.43. The van der Waals surface area contributed by atoms with E-state index in [0.717, 1.165) is 0 Å². The van der Waals surface area contributed by atoms with E-state index in [0.29, 0.717) is 11.3 Å². The standard InChI is InChI=1S/C14H22FNO3/c1-9(2)18-7-12(17)8-19-14-6-11(15)4-5-13(14)10(3)16/h4-6,9-10,12,17H,7-8,16H2,1-3H3. The third kappa shape index (κ3) is 5.55. The zero-order valence-corrected chi connectivity index (χ0v) is 11.6. The Hall–Kier alpha value is -1.17. The summed E-state index contributed by atoms with van der Waals surface area (Å²) < 4.78 is 23.9. The maximum atomic E-state index is 13.2. The van der Waals surface area contributed by atoms with Crippen molar-refractivity contribution in [2.75, 3.05) is 13.2 Å². The topological polar surface area (TPSA) is 64.7 Å². The van der Waals surface area contributed by atoms with Crippen molar-refractivity contribution < 1.29 is 19.0 Å². The molecule has 19 heavy (non-hydrogen) atoms. The highest BCUT2D eigenvalue weighted by Gasteiger charge is 2.12. The Bertz CT molecular complexity index is 396. The van der Waals surface area contributed by atoms with Crippen LogP contribution in [0.3, 0.4) is 0 Å². The number of rotatable bonds is 7. The van der Waals surface area contributed by atoms with Gasteiger partial charge < -0.3 is 20.3 Å². The van der Waals surface area contributed by atoms with E-state index in [1.807, 2.05) is 13.8 Å². The first-order valence-corrected chi connectivity index (χ1v) is 6.37. The third-order valence-corrected chi connectivity index (χ3v) is 2.52. The van der Waals surface area contributed by atoms with Gasteiger partial charge in [-0.25, -0.2) is 4.39 Å². The maximum Gasteiger partial charge on any atom is 0.127 e. The van der Waals surface area contributed by atoms with Gasteiger partial charge in [-0.05, 0) is 26.8 Å². The average molecular weight is 271 g/mol. The molecule has 1 aromatic rings. The molecule has 0 bridgehead atoms. The minimum Gasteiger partial charge on any atom is -0.490 e. The average Bonchev–Trinajstić information content (AvgIpc) is 2.33. The fourth-order valence-corrected chi connectivity index (χ4v) is 1.55. The van der Waals surface area contributed by atoms with Crippen LogP contribution in [-0.4, -0.2) is 30.5 Å². The van der Waals surface area contributed by atoms with Crippen LogP contribution < -0.4 is 10.5 Å². The first kappa shape index (κ1) is 15.9. The largest absolute Gasteiger partial charge is 0.490 e. The Morgan fingerprint density at radius 3 is 2.53 bits per heavy atom. The predicted molar refractivity (Wildman–Crippen MR) is 71.6 cm³/mol. The summed E-state index contributed by atoms with van der Waals surface area (Å²) in [6.45, 7) is 5.78. The molecule has 4 nitrogen and oxygen atoms in total. The smallest absolute Gasteiger partial charge is 0.127 e. The van der Waals surface area contributed by atoms with Crippen molar-refractivity contribution in [1.82, 2.24) is 0 Å². The lowest BCUT2D eigenvalue weighted by Gasteiger charge is -2.17. The van der Waals surface area contributed by atoms with Crippen LogP contribution >= 0.6 is 0 Å². The van der Waals surface area contributed by atoms with Crippen LogP contribution in [-0.2, 0) is 4.74 Å². The highest BCUT2D eigenvalue weighted by molar-refractivity contribution is 5.36. The number of benzene rings is 1. The summed E-state index contributed by atoms with van der Waals surface area (Å²) in [5, 5.41) is 9.68. The lowest BCUT2D eigenvalue weighted by Crippen LogP contribution is -2.25. The van der Waals surface area contributed by atoms with Crippen LogP contribution in [0, 0.1) is 5.82 Å². The van der Waals surface area contributed by atoms with Crippen LogP contribution in [0.4, 0.5) is 4.39 Å². The predicted octanol–water partition coefficient (Wildman–Crippen LogP) is 2.01. The number of hydrogen-bond acceptors (Lipinski definition) is 4. The summed E-state index contributed by atoms with van der Waals surface area (Å²) in [5.74, 6) is -0.0362. The summed E-state index contributed by atoms with van der Waals surface area (Å²) in [6, 6.07) is 3.94. The molecule has 0 spiro atoms. The van der Waals surface area contributed by atoms with Gasteiger partial charge in [-0.15, -0.1) is 0 Å². The minimum absolute atomic E-state index is 0.0376. The molecule has 0 saturated carbocycles. The molecule has 0 aliphatic rings. The molecule has 0 heterocycles. The van der Waals surface area contributed by atoms with E-state index < -0.39 is 11.9 Å². The van der Waals surface area contributed by atoms with Crippen molar-refractivity contribution in [3.8, 4) is 5.75 Å². The number of halogens is 1. The maximum absolute atomic E-state index is 13.2. The molecule has 0 fully saturated rings. The molecular weight excluding hydrogens is 249 g/mol. The third-order valence-electron chi connectivity index (χ3n) is 2.52. The molecule has 0 aromatic heterocycles. The molecule has 0 aliphatic heterocycles. The number of hydrogen-bond donors (Lipinski definition) is 2. The Morgan fingerprint density at radius 1 is 1.26 bits per heavy atom. The molecule has 1 aromatic carbocycles. The first-order valence-electron chi connectivity index (χ1n) is 6.37. The molecule has 5 heteroatoms. The molecule has 0 radical (unpaired) electrons. The lowest BCUT2D eigenvalue weighted by molar-refractivity contribution is -0.0124. The van der Waals surface area contributed by atoms with Gasteiger partial charge in [-0.3, -0.25) is 0 Å². The van der Waals surface area contributed by atoms with Crippen molar-refractivity contribution in [3.63, 3.8) is 0 Å². The first-order chi connectivity index (χ1) is 8.90. The molecule has 2 unspecified atom stereocenters. The van der Waals surface area contributed by atoms with Crippen molar-refractivity contribution >= 4 is 0 Å². The van der Waals surface area contributed by atoms with Crippen molar-refractivity contribution in [2.24, 2.45) is 5.73 Å². The van der Waals surface area contributed by atoms with E-state index in [1.54, 1.807) is 13.0 Å². The normalized spacial score (nSPS) is 14.5. The van der Waals surface area contributed by atoms with Gasteiger partial charge in [0.25, 0.3) is 0 Å². The van der Waals surface area contributed by atoms with E-state index in [9.17, 15) is 9.50 Å². The molecule has 108 valence electrons. The Labute approximate surface area is 113 Å². The van der Waals surface area contributed by atoms with Gasteiger partial charge in [0.2, 0.25) is 0 Å². The highest BCUT2D eigenvalue weighted by atomic mass is 19.1. The van der Waals surface area contributed by atoms with Gasteiger partial charge >= 0.3 is 0 Å². The monoisotopic (exact) mass is 271 g/mol. The van der Waals surface area contributed by atoms with Gasteiger partial charge in [-0.2, -0.15) is 0 Å². The van der Waals surface area contributed by atoms with Crippen LogP contribution in [0.25, 0.3) is 0 Å². The lowest BCUT2D eigenvalue weighted by atomic mass is 10.1. The zero-order valence-electron chi connectivity index (χ0n) is 11.6. The number of nitrogens with two attached hydrogens (primary N) is 1. The van der Waals surface area contributed by atoms with Gasteiger partial charge in [0, 0.05) is 17.7 Å². The quantitative estimate of drug-likeness (QED) is 0.796. The van der Waals surface area contributed by atoms with E-state index in [2.05, 4.69) is 0 Å². The van der Waals surface area contributed by atoms with Gasteiger partial charge in [0.05, 0.1) is 12.7 Å². The Kier molecular flexibility index (Phi) is 6.21. The highest BCUT2D eigenvalue weighted by Crippen LogP contribution is 2.24. The molecule has 3 N–H and O–H groups in total. The van der Waals surface area contributed by atoms with Crippen LogP contribution in [0.1, 0.15) is 32.4 Å². The van der Waals surface area contributed by atoms with Crippen molar-refractivity contribution in [2.45, 2.75) is 39.0 Å². The van der Waals surface area contributed by atoms with E-state index in [-0.39, 0.29) is 25.4 Å². The van der Waals surface area contributed by atoms with Crippen LogP contribution in [0.15, 0.2) is 18.2 Å². The second-order valence-corrected chi connectivity index (χ2v) is 4.82. The Balaban J connectivity index is 2.59. The second-order valence-electron chi connectivity index (χ2n) is 4.82. The van der Waals surface area contributed by atoms with Gasteiger partial charge in [0.1, 0.15) is 24.3 Å². The minimum atomic E-state index is -0.758. The number of aliphatic hydroxyl groups excluding tert-OH is 1. The van der Waals surface area contributed by atoms with Gasteiger partial charge in [0.15, 0.2) is 0 Å².